The molecule has 16 nitrogen and oxygen atoms in total. The molecule has 0 spiro atoms. The molecule has 0 saturated carbocycles. The van der Waals surface area contributed by atoms with Gasteiger partial charge in [-0.25, -0.2) is 69.8 Å². The smallest absolute Gasteiger partial charge is 0.165 e. The molecule has 12 aromatic carbocycles. The van der Waals surface area contributed by atoms with Crippen molar-refractivity contribution in [2.24, 2.45) is 0 Å². The Bertz CT molecular complexity index is 6030. The second kappa shape index (κ2) is 28.5. The van der Waals surface area contributed by atoms with Crippen LogP contribution in [0.15, 0.2) is 340 Å². The molecular weight excluding hydrogens is 1570 g/mol. The first-order valence-electron chi connectivity index (χ1n) is 36.8. The van der Waals surface area contributed by atoms with Crippen LogP contribution in [0.2, 0.25) is 0 Å². The molecule has 21 rings (SSSR count). The zero-order valence-electron chi connectivity index (χ0n) is 59.8. The standard InChI is InChI=1S/C96H56N16.Pt/c1-9-33-57(34-10-1)85-101-86(58-35-11-2-12-36-58)106-93(105-85)73-77-65-49-25-27-51-67(65)79(97-77)74(94-107-87(59-37-13-3-14-38-59)102-88(108-94)60-39-15-4-16-40-60)81-69-53-29-31-55-71(69)83(99-81)76(96-111-91(63-45-21-7-22-46-63)104-92(112-96)64-47-23-8-24-48-64)84-72-56-32-30-54-70(72)82(100-84)75(80-68-52-28-26-50-66(68)78(73)98-80)95-109-89(61-41-17-5-18-42-61)103-90(110-95)62-43-19-6-20-44-62;/h1-56H;/q-2;. The third kappa shape index (κ3) is 12.1. The molecule has 0 fully saturated rings. The minimum atomic E-state index is 0. The molecule has 18 aromatic rings. The van der Waals surface area contributed by atoms with Crippen LogP contribution in [0.3, 0.4) is 0 Å². The number of hydrogen-bond acceptors (Lipinski definition) is 14. The maximum absolute atomic E-state index is 6.17. The molecule has 532 valence electrons. The van der Waals surface area contributed by atoms with Crippen LogP contribution >= 0.6 is 0 Å². The van der Waals surface area contributed by atoms with E-state index in [-0.39, 0.29) is 21.1 Å². The SMILES string of the molecule is [Pt].c1ccc(-c2nc(-c3ccccc3)nc(-c3c4nc(c(-c5nc(-c6ccccc6)nc(-c6ccccc6)n5)c5[n-]c(c(-c6nc(-c7ccccc7)nc(-c7ccccc7)n6)c6nc(c(-c7nc(-c8ccccc8)nc(-c8ccccc8)n7)c7[n-]c3c3ccccc73)-c3ccccc3-6)c3ccccc53)-c3ccccc3-4)n2)cc1. The Balaban J connectivity index is 0.00000830. The molecule has 3 aliphatic rings. The number of hydrogen-bond donors (Lipinski definition) is 0. The van der Waals surface area contributed by atoms with Gasteiger partial charge in [-0.2, -0.15) is 0 Å². The van der Waals surface area contributed by atoms with Gasteiger partial charge >= 0.3 is 0 Å². The van der Waals surface area contributed by atoms with Crippen LogP contribution in [-0.2, 0) is 21.1 Å². The number of aromatic nitrogens is 16. The van der Waals surface area contributed by atoms with Crippen LogP contribution in [0, 0.1) is 0 Å². The van der Waals surface area contributed by atoms with Gasteiger partial charge in [0.05, 0.1) is 22.8 Å². The van der Waals surface area contributed by atoms with Crippen molar-refractivity contribution in [2.45, 2.75) is 0 Å². The number of benzene rings is 12. The predicted molar refractivity (Wildman–Crippen MR) is 442 cm³/mol. The van der Waals surface area contributed by atoms with Crippen LogP contribution in [0.25, 0.3) is 225 Å². The van der Waals surface area contributed by atoms with Crippen LogP contribution in [0.4, 0.5) is 0 Å². The second-order valence-electron chi connectivity index (χ2n) is 27.1. The van der Waals surface area contributed by atoms with Crippen molar-refractivity contribution in [1.29, 1.82) is 0 Å². The summed E-state index contributed by atoms with van der Waals surface area (Å²) in [6, 6.07) is 113. The van der Waals surface area contributed by atoms with E-state index in [4.69, 9.17) is 79.7 Å². The van der Waals surface area contributed by atoms with Gasteiger partial charge in [-0.05, 0) is 21.5 Å². The van der Waals surface area contributed by atoms with Crippen molar-refractivity contribution in [1.82, 2.24) is 79.7 Å². The van der Waals surface area contributed by atoms with E-state index in [0.717, 1.165) is 88.3 Å². The summed E-state index contributed by atoms with van der Waals surface area (Å²) in [6.45, 7) is 0. The van der Waals surface area contributed by atoms with Gasteiger partial charge in [-0.1, -0.05) is 340 Å². The molecule has 17 heteroatoms. The summed E-state index contributed by atoms with van der Waals surface area (Å²) < 4.78 is 0. The molecule has 0 unspecified atom stereocenters. The predicted octanol–water partition coefficient (Wildman–Crippen LogP) is 21.3. The molecular formula is C96H56N16Pt-2. The van der Waals surface area contributed by atoms with Gasteiger partial charge in [0.15, 0.2) is 69.9 Å². The number of rotatable bonds is 12. The van der Waals surface area contributed by atoms with Crippen molar-refractivity contribution < 1.29 is 21.1 Å². The van der Waals surface area contributed by atoms with Crippen molar-refractivity contribution in [3.63, 3.8) is 0 Å². The normalized spacial score (nSPS) is 11.5. The zero-order valence-corrected chi connectivity index (χ0v) is 62.1. The molecule has 0 radical (unpaired) electrons. The molecule has 0 N–H and O–H groups in total. The van der Waals surface area contributed by atoms with Crippen LogP contribution < -0.4 is 9.97 Å². The van der Waals surface area contributed by atoms with E-state index in [0.29, 0.717) is 137 Å². The molecule has 8 heterocycles. The summed E-state index contributed by atoms with van der Waals surface area (Å²) in [5.74, 6) is 4.71. The fourth-order valence-corrected chi connectivity index (χ4v) is 15.0. The van der Waals surface area contributed by atoms with E-state index >= 15 is 0 Å². The monoisotopic (exact) mass is 1630 g/mol. The van der Waals surface area contributed by atoms with Gasteiger partial charge in [0.2, 0.25) is 0 Å². The summed E-state index contributed by atoms with van der Waals surface area (Å²) in [5, 5.41) is 2.99. The van der Waals surface area contributed by atoms with Crippen molar-refractivity contribution in [3.8, 4) is 182 Å². The molecule has 113 heavy (non-hydrogen) atoms. The largest absolute Gasteiger partial charge is 0.656 e. The minimum absolute atomic E-state index is 0. The third-order valence-electron chi connectivity index (χ3n) is 20.2. The Kier molecular flexibility index (Phi) is 17.0. The summed E-state index contributed by atoms with van der Waals surface area (Å²) in [6.07, 6.45) is 0. The maximum Gasteiger partial charge on any atom is 0.165 e. The summed E-state index contributed by atoms with van der Waals surface area (Å²) in [4.78, 5) is 90.9. The Hall–Kier alpha value is -15.0. The molecule has 1 aliphatic carbocycles. The van der Waals surface area contributed by atoms with Gasteiger partial charge in [0.25, 0.3) is 0 Å². The van der Waals surface area contributed by atoms with Gasteiger partial charge in [0.1, 0.15) is 0 Å². The Morgan fingerprint density at radius 2 is 0.283 bits per heavy atom. The Labute approximate surface area is 661 Å². The van der Waals surface area contributed by atoms with Crippen molar-refractivity contribution in [2.75, 3.05) is 0 Å². The fraction of sp³-hybridized carbons (Fsp3) is 0. The van der Waals surface area contributed by atoms with Crippen LogP contribution in [0.5, 0.6) is 0 Å². The average Bonchev–Trinajstić information content (AvgIpc) is 1.56. The second-order valence-corrected chi connectivity index (χ2v) is 27.1. The topological polar surface area (TPSA) is 209 Å². The van der Waals surface area contributed by atoms with E-state index < -0.39 is 0 Å². The van der Waals surface area contributed by atoms with Crippen LogP contribution in [-0.4, -0.2) is 69.8 Å². The van der Waals surface area contributed by atoms with Gasteiger partial charge in [-0.15, -0.1) is 22.1 Å². The minimum Gasteiger partial charge on any atom is -0.656 e. The first-order chi connectivity index (χ1) is 55.5. The van der Waals surface area contributed by atoms with E-state index in [1.807, 2.05) is 291 Å². The van der Waals surface area contributed by atoms with Crippen molar-refractivity contribution >= 4 is 43.6 Å². The molecule has 6 aromatic heterocycles. The maximum atomic E-state index is 6.17. The fourth-order valence-electron chi connectivity index (χ4n) is 15.0. The molecule has 2 aliphatic heterocycles. The van der Waals surface area contributed by atoms with Crippen molar-refractivity contribution in [3.05, 3.63) is 340 Å². The summed E-state index contributed by atoms with van der Waals surface area (Å²) in [7, 11) is 0. The summed E-state index contributed by atoms with van der Waals surface area (Å²) in [5.41, 5.74) is 15.2. The first-order valence-corrected chi connectivity index (χ1v) is 36.8. The average molecular weight is 1630 g/mol. The van der Waals surface area contributed by atoms with Gasteiger partial charge in [-0.3, -0.25) is 0 Å². The van der Waals surface area contributed by atoms with E-state index in [1.165, 1.54) is 0 Å². The van der Waals surface area contributed by atoms with E-state index in [1.54, 1.807) is 0 Å². The van der Waals surface area contributed by atoms with Gasteiger partial charge in [0, 0.05) is 110 Å². The third-order valence-corrected chi connectivity index (χ3v) is 20.2. The Morgan fingerprint density at radius 3 is 0.451 bits per heavy atom. The summed E-state index contributed by atoms with van der Waals surface area (Å²) >= 11 is 0. The first kappa shape index (κ1) is 67.4. The molecule has 8 bridgehead atoms. The number of nitrogens with zero attached hydrogens (tertiary/aromatic N) is 16. The van der Waals surface area contributed by atoms with Crippen LogP contribution in [0.1, 0.15) is 0 Å². The molecule has 0 atom stereocenters. The Morgan fingerprint density at radius 1 is 0.142 bits per heavy atom. The molecule has 0 amide bonds. The van der Waals surface area contributed by atoms with E-state index in [9.17, 15) is 0 Å². The van der Waals surface area contributed by atoms with Gasteiger partial charge < -0.3 is 9.97 Å². The molecule has 0 saturated heterocycles. The van der Waals surface area contributed by atoms with E-state index in [2.05, 4.69) is 48.5 Å². The zero-order chi connectivity index (χ0) is 74.0. The quantitative estimate of drug-likeness (QED) is 0.111.